The Labute approximate surface area is 99.6 Å². The Morgan fingerprint density at radius 1 is 1.31 bits per heavy atom. The maximum atomic E-state index is 2.55. The number of allylic oxidation sites excluding steroid dienone is 1. The zero-order valence-corrected chi connectivity index (χ0v) is 10.9. The van der Waals surface area contributed by atoms with E-state index in [0.29, 0.717) is 6.04 Å². The molecule has 90 valence electrons. The van der Waals surface area contributed by atoms with Crippen LogP contribution in [0.1, 0.15) is 33.6 Å². The predicted molar refractivity (Wildman–Crippen MR) is 69.4 cm³/mol. The van der Waals surface area contributed by atoms with Gasteiger partial charge in [0.1, 0.15) is 0 Å². The maximum absolute atomic E-state index is 2.55. The molecule has 0 N–H and O–H groups in total. The van der Waals surface area contributed by atoms with Gasteiger partial charge in [-0.15, -0.1) is 0 Å². The molecule has 0 radical (unpaired) electrons. The lowest BCUT2D eigenvalue weighted by atomic mass is 9.96. The Bertz CT molecular complexity index is 304. The van der Waals surface area contributed by atoms with Crippen molar-refractivity contribution in [1.29, 1.82) is 0 Å². The van der Waals surface area contributed by atoms with Crippen molar-refractivity contribution in [3.63, 3.8) is 0 Å². The van der Waals surface area contributed by atoms with Crippen LogP contribution in [0.4, 0.5) is 0 Å². The largest absolute Gasteiger partial charge is 0.371 e. The van der Waals surface area contributed by atoms with Gasteiger partial charge in [0.05, 0.1) is 0 Å². The molecule has 2 heterocycles. The molecule has 2 heteroatoms. The van der Waals surface area contributed by atoms with E-state index in [1.54, 1.807) is 11.1 Å². The first kappa shape index (κ1) is 11.7. The number of rotatable bonds is 3. The van der Waals surface area contributed by atoms with Crippen molar-refractivity contribution >= 4 is 0 Å². The minimum atomic E-state index is 0.669. The van der Waals surface area contributed by atoms with E-state index in [2.05, 4.69) is 42.8 Å². The van der Waals surface area contributed by atoms with Crippen LogP contribution in [0, 0.1) is 0 Å². The number of nitrogens with zero attached hydrogens (tertiary/aromatic N) is 2. The minimum Gasteiger partial charge on any atom is -0.371 e. The molecule has 0 aromatic heterocycles. The summed E-state index contributed by atoms with van der Waals surface area (Å²) in [6.07, 6.45) is 7.12. The third-order valence-electron chi connectivity index (χ3n) is 4.01. The van der Waals surface area contributed by atoms with Crippen molar-refractivity contribution in [2.24, 2.45) is 0 Å². The van der Waals surface area contributed by atoms with E-state index in [9.17, 15) is 0 Å². The molecule has 0 saturated heterocycles. The van der Waals surface area contributed by atoms with Gasteiger partial charge in [-0.1, -0.05) is 13.8 Å². The molecule has 1 unspecified atom stereocenters. The van der Waals surface area contributed by atoms with Gasteiger partial charge in [-0.25, -0.2) is 0 Å². The van der Waals surface area contributed by atoms with Gasteiger partial charge in [0.15, 0.2) is 0 Å². The van der Waals surface area contributed by atoms with Gasteiger partial charge in [-0.3, -0.25) is 4.90 Å². The summed E-state index contributed by atoms with van der Waals surface area (Å²) in [5.41, 5.74) is 3.25. The normalized spacial score (nSPS) is 23.6. The molecule has 0 spiro atoms. The molecular formula is C14H24N2. The van der Waals surface area contributed by atoms with Crippen LogP contribution in [0.25, 0.3) is 0 Å². The molecule has 1 atom stereocenters. The second-order valence-corrected chi connectivity index (χ2v) is 4.99. The summed E-state index contributed by atoms with van der Waals surface area (Å²) in [5, 5.41) is 0. The summed E-state index contributed by atoms with van der Waals surface area (Å²) in [6, 6.07) is 0.669. The van der Waals surface area contributed by atoms with Gasteiger partial charge >= 0.3 is 0 Å². The molecule has 0 fully saturated rings. The van der Waals surface area contributed by atoms with Gasteiger partial charge in [-0.05, 0) is 49.7 Å². The second-order valence-electron chi connectivity index (χ2n) is 4.99. The van der Waals surface area contributed by atoms with E-state index in [1.807, 2.05) is 0 Å². The second kappa shape index (κ2) is 5.05. The van der Waals surface area contributed by atoms with Crippen LogP contribution in [-0.4, -0.2) is 42.0 Å². The Hall–Kier alpha value is -0.760. The first-order valence-corrected chi connectivity index (χ1v) is 6.61. The maximum Gasteiger partial charge on any atom is 0.0404 e. The molecule has 2 aliphatic rings. The van der Waals surface area contributed by atoms with Crippen LogP contribution in [0.2, 0.25) is 0 Å². The zero-order chi connectivity index (χ0) is 11.5. The topological polar surface area (TPSA) is 6.48 Å². The van der Waals surface area contributed by atoms with Gasteiger partial charge in [0.25, 0.3) is 0 Å². The quantitative estimate of drug-likeness (QED) is 0.721. The molecule has 16 heavy (non-hydrogen) atoms. The lowest BCUT2D eigenvalue weighted by Gasteiger charge is -2.37. The summed E-state index contributed by atoms with van der Waals surface area (Å²) in [5.74, 6) is 0. The molecule has 0 aromatic rings. The average Bonchev–Trinajstić information content (AvgIpc) is 2.36. The van der Waals surface area contributed by atoms with Crippen molar-refractivity contribution < 1.29 is 0 Å². The highest BCUT2D eigenvalue weighted by Crippen LogP contribution is 2.25. The molecule has 0 aliphatic carbocycles. The highest BCUT2D eigenvalue weighted by atomic mass is 15.2. The van der Waals surface area contributed by atoms with Crippen LogP contribution in [0.15, 0.2) is 23.4 Å². The molecule has 0 bridgehead atoms. The van der Waals surface area contributed by atoms with Gasteiger partial charge in [0, 0.05) is 25.7 Å². The first-order valence-electron chi connectivity index (χ1n) is 6.61. The summed E-state index contributed by atoms with van der Waals surface area (Å²) >= 11 is 0. The van der Waals surface area contributed by atoms with Crippen molar-refractivity contribution in [1.82, 2.24) is 9.80 Å². The summed E-state index contributed by atoms with van der Waals surface area (Å²) in [6.45, 7) is 11.6. The van der Waals surface area contributed by atoms with Crippen molar-refractivity contribution in [2.45, 2.75) is 39.7 Å². The summed E-state index contributed by atoms with van der Waals surface area (Å²) in [4.78, 5) is 5.03. The minimum absolute atomic E-state index is 0.669. The van der Waals surface area contributed by atoms with E-state index in [1.165, 1.54) is 32.5 Å². The van der Waals surface area contributed by atoms with E-state index in [4.69, 9.17) is 0 Å². The van der Waals surface area contributed by atoms with Crippen LogP contribution >= 0.6 is 0 Å². The van der Waals surface area contributed by atoms with E-state index in [0.717, 1.165) is 6.54 Å². The fourth-order valence-corrected chi connectivity index (χ4v) is 2.52. The monoisotopic (exact) mass is 220 g/mol. The number of likely N-dealkylation sites (N-methyl/N-ethyl adjacent to an activating group) is 1. The Balaban J connectivity index is 2.04. The zero-order valence-electron chi connectivity index (χ0n) is 10.9. The van der Waals surface area contributed by atoms with Crippen molar-refractivity contribution in [2.75, 3.05) is 26.2 Å². The molecule has 2 rings (SSSR count). The average molecular weight is 220 g/mol. The Morgan fingerprint density at radius 3 is 2.81 bits per heavy atom. The highest BCUT2D eigenvalue weighted by Gasteiger charge is 2.21. The number of hydrogen-bond acceptors (Lipinski definition) is 2. The molecule has 2 aliphatic heterocycles. The fraction of sp³-hybridized carbons (Fsp3) is 0.714. The lowest BCUT2D eigenvalue weighted by molar-refractivity contribution is 0.259. The Morgan fingerprint density at radius 2 is 2.12 bits per heavy atom. The molecular weight excluding hydrogens is 196 g/mol. The lowest BCUT2D eigenvalue weighted by Crippen LogP contribution is -2.39. The standard InChI is InChI=1S/C14H24N2/c1-4-12(3)16-9-7-13-6-8-15(5-2)10-14(13)11-16/h7,9,12H,4-6,8,10-11H2,1-3H3. The SMILES string of the molecule is CCC(C)N1C=CC2=C(CN(CC)CC2)C1. The van der Waals surface area contributed by atoms with Crippen LogP contribution < -0.4 is 0 Å². The third kappa shape index (κ3) is 2.32. The van der Waals surface area contributed by atoms with Crippen LogP contribution in [0.3, 0.4) is 0 Å². The van der Waals surface area contributed by atoms with Crippen molar-refractivity contribution in [3.05, 3.63) is 23.4 Å². The fourth-order valence-electron chi connectivity index (χ4n) is 2.52. The Kier molecular flexibility index (Phi) is 3.70. The van der Waals surface area contributed by atoms with Crippen LogP contribution in [0.5, 0.6) is 0 Å². The van der Waals surface area contributed by atoms with E-state index >= 15 is 0 Å². The smallest absolute Gasteiger partial charge is 0.0404 e. The van der Waals surface area contributed by atoms with Gasteiger partial charge in [-0.2, -0.15) is 0 Å². The van der Waals surface area contributed by atoms with Crippen molar-refractivity contribution in [3.8, 4) is 0 Å². The van der Waals surface area contributed by atoms with Gasteiger partial charge < -0.3 is 4.90 Å². The van der Waals surface area contributed by atoms with E-state index < -0.39 is 0 Å². The van der Waals surface area contributed by atoms with E-state index in [-0.39, 0.29) is 0 Å². The highest BCUT2D eigenvalue weighted by molar-refractivity contribution is 5.33. The molecule has 0 saturated carbocycles. The molecule has 0 amide bonds. The first-order chi connectivity index (χ1) is 7.74. The van der Waals surface area contributed by atoms with Gasteiger partial charge in [0.2, 0.25) is 0 Å². The van der Waals surface area contributed by atoms with Crippen LogP contribution in [-0.2, 0) is 0 Å². The molecule has 0 aromatic carbocycles. The number of hydrogen-bond donors (Lipinski definition) is 0. The third-order valence-corrected chi connectivity index (χ3v) is 4.01. The summed E-state index contributed by atoms with van der Waals surface area (Å²) < 4.78 is 0. The predicted octanol–water partition coefficient (Wildman–Crippen LogP) is 2.64. The summed E-state index contributed by atoms with van der Waals surface area (Å²) in [7, 11) is 0. The molecule has 2 nitrogen and oxygen atoms in total.